The molecule has 0 unspecified atom stereocenters. The monoisotopic (exact) mass is 361 g/mol. The number of nitrogens with two attached hydrogens (primary N) is 1. The van der Waals surface area contributed by atoms with Gasteiger partial charge in [-0.3, -0.25) is 4.79 Å². The van der Waals surface area contributed by atoms with Crippen molar-refractivity contribution in [2.45, 2.75) is 32.4 Å². The number of ether oxygens (including phenoxy) is 2. The smallest absolute Gasteiger partial charge is 0.254 e. The van der Waals surface area contributed by atoms with Crippen molar-refractivity contribution in [3.8, 4) is 11.5 Å². The Morgan fingerprint density at radius 2 is 2.28 bits per heavy atom. The topological polar surface area (TPSA) is 77.7 Å². The van der Waals surface area contributed by atoms with E-state index in [1.807, 2.05) is 17.2 Å². The van der Waals surface area contributed by atoms with Crippen LogP contribution in [-0.4, -0.2) is 42.0 Å². The largest absolute Gasteiger partial charge is 0.493 e. The van der Waals surface area contributed by atoms with E-state index in [0.29, 0.717) is 30.2 Å². The number of amides is 1. The second-order valence-corrected chi connectivity index (χ2v) is 7.10. The molecule has 1 aliphatic rings. The molecule has 25 heavy (non-hydrogen) atoms. The van der Waals surface area contributed by atoms with Gasteiger partial charge in [0, 0.05) is 30.1 Å². The molecule has 2 heterocycles. The lowest BCUT2D eigenvalue weighted by Crippen LogP contribution is -2.39. The molecular weight excluding hydrogens is 338 g/mol. The molecule has 0 bridgehead atoms. The molecule has 1 amide bonds. The molecule has 6 nitrogen and oxygen atoms in total. The number of carbonyl (C=O) groups excluding carboxylic acids is 1. The van der Waals surface area contributed by atoms with Gasteiger partial charge in [0.1, 0.15) is 6.61 Å². The molecule has 0 spiro atoms. The van der Waals surface area contributed by atoms with Crippen LogP contribution in [0.2, 0.25) is 0 Å². The van der Waals surface area contributed by atoms with Crippen LogP contribution in [0.3, 0.4) is 0 Å². The number of rotatable bonds is 6. The molecule has 0 radical (unpaired) electrons. The van der Waals surface area contributed by atoms with Crippen molar-refractivity contribution in [1.29, 1.82) is 0 Å². The molecule has 0 aliphatic carbocycles. The highest BCUT2D eigenvalue weighted by Crippen LogP contribution is 2.30. The highest BCUT2D eigenvalue weighted by molar-refractivity contribution is 7.09. The second kappa shape index (κ2) is 7.84. The Morgan fingerprint density at radius 1 is 1.44 bits per heavy atom. The molecular formula is C18H23N3O3S. The lowest BCUT2D eigenvalue weighted by atomic mass is 10.1. The van der Waals surface area contributed by atoms with Crippen molar-refractivity contribution in [3.63, 3.8) is 0 Å². The minimum absolute atomic E-state index is 0.00655. The molecule has 1 saturated heterocycles. The van der Waals surface area contributed by atoms with E-state index in [-0.39, 0.29) is 11.9 Å². The van der Waals surface area contributed by atoms with Crippen LogP contribution in [0.1, 0.15) is 33.9 Å². The summed E-state index contributed by atoms with van der Waals surface area (Å²) in [5.41, 5.74) is 7.25. The fourth-order valence-corrected chi connectivity index (χ4v) is 3.66. The molecule has 2 N–H and O–H groups in total. The zero-order chi connectivity index (χ0) is 17.8. The van der Waals surface area contributed by atoms with Crippen LogP contribution >= 0.6 is 11.3 Å². The summed E-state index contributed by atoms with van der Waals surface area (Å²) in [4.78, 5) is 19.0. The summed E-state index contributed by atoms with van der Waals surface area (Å²) in [5.74, 6) is 1.13. The Hall–Kier alpha value is -2.12. The van der Waals surface area contributed by atoms with Gasteiger partial charge in [0.25, 0.3) is 5.91 Å². The number of aryl methyl sites for hydroxylation is 1. The number of methoxy groups -OCH3 is 1. The van der Waals surface area contributed by atoms with Gasteiger partial charge >= 0.3 is 0 Å². The minimum Gasteiger partial charge on any atom is -0.493 e. The lowest BCUT2D eigenvalue weighted by Gasteiger charge is -2.24. The highest BCUT2D eigenvalue weighted by atomic mass is 32.1. The Bertz CT molecular complexity index is 747. The van der Waals surface area contributed by atoms with E-state index in [4.69, 9.17) is 15.2 Å². The normalized spacial score (nSPS) is 16.9. The standard InChI is InChI=1S/C18H23N3O3S/c1-12-20-14(11-25-12)10-24-16-6-5-13(8-17(16)23-2)18(22)21-7-3-4-15(21)9-19/h5-6,8,11,15H,3-4,7,9-10,19H2,1-2H3/t15-/m1/s1. The first-order valence-corrected chi connectivity index (χ1v) is 9.23. The molecule has 1 fully saturated rings. The zero-order valence-corrected chi connectivity index (χ0v) is 15.3. The lowest BCUT2D eigenvalue weighted by molar-refractivity contribution is 0.0740. The summed E-state index contributed by atoms with van der Waals surface area (Å²) >= 11 is 1.59. The SMILES string of the molecule is COc1cc(C(=O)N2CCC[C@@H]2CN)ccc1OCc1csc(C)n1. The Balaban J connectivity index is 1.73. The number of carbonyl (C=O) groups is 1. The Labute approximate surface area is 151 Å². The first-order valence-electron chi connectivity index (χ1n) is 8.35. The number of hydrogen-bond acceptors (Lipinski definition) is 6. The fraction of sp³-hybridized carbons (Fsp3) is 0.444. The van der Waals surface area contributed by atoms with Gasteiger partial charge in [0.15, 0.2) is 11.5 Å². The summed E-state index contributed by atoms with van der Waals surface area (Å²) in [6.07, 6.45) is 1.96. The van der Waals surface area contributed by atoms with Crippen LogP contribution in [-0.2, 0) is 6.61 Å². The van der Waals surface area contributed by atoms with Crippen molar-refractivity contribution >= 4 is 17.2 Å². The van der Waals surface area contributed by atoms with Gasteiger partial charge < -0.3 is 20.1 Å². The third-order valence-corrected chi connectivity index (χ3v) is 5.19. The quantitative estimate of drug-likeness (QED) is 0.856. The number of nitrogens with zero attached hydrogens (tertiary/aromatic N) is 2. The maximum Gasteiger partial charge on any atom is 0.254 e. The van der Waals surface area contributed by atoms with Crippen LogP contribution < -0.4 is 15.2 Å². The van der Waals surface area contributed by atoms with Crippen LogP contribution in [0.25, 0.3) is 0 Å². The average Bonchev–Trinajstić information content (AvgIpc) is 3.27. The van der Waals surface area contributed by atoms with E-state index < -0.39 is 0 Å². The van der Waals surface area contributed by atoms with E-state index >= 15 is 0 Å². The third kappa shape index (κ3) is 3.93. The number of thiazole rings is 1. The van der Waals surface area contributed by atoms with Gasteiger partial charge in [-0.1, -0.05) is 0 Å². The summed E-state index contributed by atoms with van der Waals surface area (Å²) in [7, 11) is 1.57. The van der Waals surface area contributed by atoms with E-state index in [1.165, 1.54) is 0 Å². The van der Waals surface area contributed by atoms with E-state index in [0.717, 1.165) is 30.1 Å². The first kappa shape index (κ1) is 17.7. The molecule has 2 aromatic rings. The second-order valence-electron chi connectivity index (χ2n) is 6.04. The van der Waals surface area contributed by atoms with Gasteiger partial charge in [-0.25, -0.2) is 4.98 Å². The third-order valence-electron chi connectivity index (χ3n) is 4.36. The van der Waals surface area contributed by atoms with Crippen molar-refractivity contribution in [2.75, 3.05) is 20.2 Å². The summed E-state index contributed by atoms with van der Waals surface area (Å²) in [5, 5.41) is 2.98. The number of aromatic nitrogens is 1. The van der Waals surface area contributed by atoms with Crippen molar-refractivity contribution in [3.05, 3.63) is 39.8 Å². The minimum atomic E-state index is -0.00655. The summed E-state index contributed by atoms with van der Waals surface area (Å²) < 4.78 is 11.2. The molecule has 134 valence electrons. The highest BCUT2D eigenvalue weighted by Gasteiger charge is 2.28. The molecule has 1 aliphatic heterocycles. The van der Waals surface area contributed by atoms with Crippen molar-refractivity contribution in [2.24, 2.45) is 5.73 Å². The molecule has 1 aromatic heterocycles. The molecule has 1 atom stereocenters. The summed E-state index contributed by atoms with van der Waals surface area (Å²) in [6.45, 7) is 3.58. The van der Waals surface area contributed by atoms with Gasteiger partial charge in [0.05, 0.1) is 17.8 Å². The van der Waals surface area contributed by atoms with Crippen LogP contribution in [0.15, 0.2) is 23.6 Å². The van der Waals surface area contributed by atoms with E-state index in [1.54, 1.807) is 36.6 Å². The maximum atomic E-state index is 12.7. The van der Waals surface area contributed by atoms with Gasteiger partial charge in [-0.05, 0) is 38.0 Å². The predicted octanol–water partition coefficient (Wildman–Crippen LogP) is 2.60. The maximum absolute atomic E-state index is 12.7. The number of benzene rings is 1. The number of hydrogen-bond donors (Lipinski definition) is 1. The molecule has 3 rings (SSSR count). The zero-order valence-electron chi connectivity index (χ0n) is 14.5. The van der Waals surface area contributed by atoms with Crippen LogP contribution in [0.4, 0.5) is 0 Å². The van der Waals surface area contributed by atoms with Crippen molar-refractivity contribution < 1.29 is 14.3 Å². The van der Waals surface area contributed by atoms with Crippen LogP contribution in [0.5, 0.6) is 11.5 Å². The molecule has 1 aromatic carbocycles. The molecule has 0 saturated carbocycles. The van der Waals surface area contributed by atoms with Crippen molar-refractivity contribution in [1.82, 2.24) is 9.88 Å². The van der Waals surface area contributed by atoms with E-state index in [9.17, 15) is 4.79 Å². The molecule has 7 heteroatoms. The average molecular weight is 361 g/mol. The Morgan fingerprint density at radius 3 is 2.96 bits per heavy atom. The van der Waals surface area contributed by atoms with Crippen LogP contribution in [0, 0.1) is 6.92 Å². The number of likely N-dealkylation sites (tertiary alicyclic amines) is 1. The van der Waals surface area contributed by atoms with E-state index in [2.05, 4.69) is 4.98 Å². The Kier molecular flexibility index (Phi) is 5.55. The van der Waals surface area contributed by atoms with Gasteiger partial charge in [-0.2, -0.15) is 0 Å². The first-order chi connectivity index (χ1) is 12.1. The predicted molar refractivity (Wildman–Crippen MR) is 97.3 cm³/mol. The summed E-state index contributed by atoms with van der Waals surface area (Å²) in [6, 6.07) is 5.41. The van der Waals surface area contributed by atoms with Gasteiger partial charge in [-0.15, -0.1) is 11.3 Å². The fourth-order valence-electron chi connectivity index (χ4n) is 3.06. The van der Waals surface area contributed by atoms with Gasteiger partial charge in [0.2, 0.25) is 0 Å².